The minimum atomic E-state index is -0.793. The smallest absolute Gasteiger partial charge is 0.410 e. The van der Waals surface area contributed by atoms with Gasteiger partial charge < -0.3 is 19.9 Å². The van der Waals surface area contributed by atoms with E-state index in [2.05, 4.69) is 10.3 Å². The quantitative estimate of drug-likeness (QED) is 0.621. The van der Waals surface area contributed by atoms with E-state index in [1.54, 1.807) is 31.7 Å². The van der Waals surface area contributed by atoms with Crippen LogP contribution in [-0.4, -0.2) is 52.9 Å². The molecule has 2 aromatic rings. The van der Waals surface area contributed by atoms with Gasteiger partial charge in [0.1, 0.15) is 11.4 Å². The molecule has 8 heteroatoms. The minimum absolute atomic E-state index is 0.00686. The Kier molecular flexibility index (Phi) is 5.40. The highest BCUT2D eigenvalue weighted by Crippen LogP contribution is 2.22. The average molecular weight is 389 g/mol. The SMILES string of the molecule is CC(C)(C)OC(=O)N1CCC(CNC(=O)C(=O)c2c[nH]c3cccc(F)c23)C1. The van der Waals surface area contributed by atoms with Crippen LogP contribution in [0.4, 0.5) is 9.18 Å². The number of nitrogens with one attached hydrogen (secondary N) is 2. The van der Waals surface area contributed by atoms with Crippen molar-refractivity contribution in [2.24, 2.45) is 5.92 Å². The summed E-state index contributed by atoms with van der Waals surface area (Å²) in [6.45, 7) is 6.66. The molecule has 3 rings (SSSR count). The lowest BCUT2D eigenvalue weighted by molar-refractivity contribution is -0.117. The van der Waals surface area contributed by atoms with Gasteiger partial charge in [0.15, 0.2) is 0 Å². The first-order chi connectivity index (χ1) is 13.2. The van der Waals surface area contributed by atoms with Gasteiger partial charge in [-0.05, 0) is 45.2 Å². The summed E-state index contributed by atoms with van der Waals surface area (Å²) in [5, 5.41) is 2.71. The van der Waals surface area contributed by atoms with Crippen LogP contribution in [0, 0.1) is 11.7 Å². The van der Waals surface area contributed by atoms with E-state index in [-0.39, 0.29) is 29.5 Å². The highest BCUT2D eigenvalue weighted by Gasteiger charge is 2.30. The maximum absolute atomic E-state index is 14.0. The predicted molar refractivity (Wildman–Crippen MR) is 102 cm³/mol. The zero-order valence-corrected chi connectivity index (χ0v) is 16.2. The van der Waals surface area contributed by atoms with Crippen LogP contribution in [0.3, 0.4) is 0 Å². The second kappa shape index (κ2) is 7.61. The topological polar surface area (TPSA) is 91.5 Å². The van der Waals surface area contributed by atoms with E-state index in [1.165, 1.54) is 18.3 Å². The molecule has 2 heterocycles. The fraction of sp³-hybridized carbons (Fsp3) is 0.450. The molecule has 0 aliphatic carbocycles. The van der Waals surface area contributed by atoms with Gasteiger partial charge in [0.05, 0.1) is 5.56 Å². The Bertz CT molecular complexity index is 916. The molecule has 28 heavy (non-hydrogen) atoms. The van der Waals surface area contributed by atoms with Crippen molar-refractivity contribution in [3.8, 4) is 0 Å². The zero-order chi connectivity index (χ0) is 20.5. The third-order valence-corrected chi connectivity index (χ3v) is 4.59. The molecule has 1 saturated heterocycles. The number of aromatic nitrogens is 1. The first-order valence-electron chi connectivity index (χ1n) is 9.22. The molecule has 1 fully saturated rings. The fourth-order valence-electron chi connectivity index (χ4n) is 3.25. The summed E-state index contributed by atoms with van der Waals surface area (Å²) >= 11 is 0. The number of halogens is 1. The molecule has 0 saturated carbocycles. The molecule has 1 atom stereocenters. The molecule has 1 aromatic heterocycles. The van der Waals surface area contributed by atoms with Crippen molar-refractivity contribution in [2.45, 2.75) is 32.8 Å². The molecule has 0 radical (unpaired) electrons. The number of ether oxygens (including phenoxy) is 1. The van der Waals surface area contributed by atoms with Crippen LogP contribution in [0.2, 0.25) is 0 Å². The van der Waals surface area contributed by atoms with Gasteiger partial charge in [0, 0.05) is 36.7 Å². The number of rotatable bonds is 4. The molecule has 1 aromatic carbocycles. The van der Waals surface area contributed by atoms with Crippen molar-refractivity contribution in [2.75, 3.05) is 19.6 Å². The average Bonchev–Trinajstić information content (AvgIpc) is 3.25. The van der Waals surface area contributed by atoms with Gasteiger partial charge in [-0.25, -0.2) is 9.18 Å². The number of carbonyl (C=O) groups is 3. The number of amides is 2. The van der Waals surface area contributed by atoms with Crippen LogP contribution in [-0.2, 0) is 9.53 Å². The van der Waals surface area contributed by atoms with Gasteiger partial charge >= 0.3 is 6.09 Å². The molecule has 150 valence electrons. The number of fused-ring (bicyclic) bond motifs is 1. The molecular formula is C20H24FN3O4. The second-order valence-electron chi connectivity index (χ2n) is 7.98. The van der Waals surface area contributed by atoms with Crippen LogP contribution in [0.15, 0.2) is 24.4 Å². The molecule has 1 aliphatic rings. The predicted octanol–water partition coefficient (Wildman–Crippen LogP) is 2.86. The van der Waals surface area contributed by atoms with E-state index in [0.29, 0.717) is 25.0 Å². The van der Waals surface area contributed by atoms with E-state index in [1.807, 2.05) is 0 Å². The van der Waals surface area contributed by atoms with E-state index >= 15 is 0 Å². The number of hydrogen-bond donors (Lipinski definition) is 2. The van der Waals surface area contributed by atoms with Crippen molar-refractivity contribution in [1.29, 1.82) is 0 Å². The van der Waals surface area contributed by atoms with Crippen molar-refractivity contribution in [3.63, 3.8) is 0 Å². The molecule has 2 amide bonds. The van der Waals surface area contributed by atoms with Gasteiger partial charge in [-0.2, -0.15) is 0 Å². The lowest BCUT2D eigenvalue weighted by Gasteiger charge is -2.24. The molecule has 2 N–H and O–H groups in total. The van der Waals surface area contributed by atoms with Crippen molar-refractivity contribution in [3.05, 3.63) is 35.8 Å². The second-order valence-corrected chi connectivity index (χ2v) is 7.98. The number of hydrogen-bond acceptors (Lipinski definition) is 4. The first kappa shape index (κ1) is 19.9. The van der Waals surface area contributed by atoms with Gasteiger partial charge in [-0.3, -0.25) is 9.59 Å². The first-order valence-corrected chi connectivity index (χ1v) is 9.22. The fourth-order valence-corrected chi connectivity index (χ4v) is 3.25. The summed E-state index contributed by atoms with van der Waals surface area (Å²) in [7, 11) is 0. The lowest BCUT2D eigenvalue weighted by Crippen LogP contribution is -2.38. The summed E-state index contributed by atoms with van der Waals surface area (Å²) in [5.41, 5.74) is -0.0999. The number of carbonyl (C=O) groups excluding carboxylic acids is 3. The van der Waals surface area contributed by atoms with Crippen molar-refractivity contribution in [1.82, 2.24) is 15.2 Å². The van der Waals surface area contributed by atoms with Gasteiger partial charge in [-0.1, -0.05) is 6.07 Å². The number of Topliss-reactive ketones (excluding diaryl/α,β-unsaturated/α-hetero) is 1. The van der Waals surface area contributed by atoms with E-state index in [0.717, 1.165) is 0 Å². The Balaban J connectivity index is 1.56. The van der Waals surface area contributed by atoms with Crippen LogP contribution in [0.1, 0.15) is 37.6 Å². The zero-order valence-electron chi connectivity index (χ0n) is 16.2. The molecule has 1 unspecified atom stereocenters. The number of likely N-dealkylation sites (tertiary alicyclic amines) is 1. The Morgan fingerprint density at radius 2 is 2.07 bits per heavy atom. The Hall–Kier alpha value is -2.90. The standard InChI is InChI=1S/C20H24FN3O4/c1-20(2,3)28-19(27)24-8-7-12(11-24)9-23-18(26)17(25)13-10-22-15-6-4-5-14(21)16(13)15/h4-6,10,12,22H,7-9,11H2,1-3H3,(H,23,26). The lowest BCUT2D eigenvalue weighted by atomic mass is 10.1. The largest absolute Gasteiger partial charge is 0.444 e. The van der Waals surface area contributed by atoms with Gasteiger partial charge in [0.2, 0.25) is 0 Å². The van der Waals surface area contributed by atoms with E-state index in [9.17, 15) is 18.8 Å². The normalized spacial score (nSPS) is 17.0. The molecular weight excluding hydrogens is 365 g/mol. The van der Waals surface area contributed by atoms with Crippen LogP contribution in [0.5, 0.6) is 0 Å². The van der Waals surface area contributed by atoms with Gasteiger partial charge in [0.25, 0.3) is 11.7 Å². The van der Waals surface area contributed by atoms with Crippen LogP contribution >= 0.6 is 0 Å². The van der Waals surface area contributed by atoms with Gasteiger partial charge in [-0.15, -0.1) is 0 Å². The van der Waals surface area contributed by atoms with Crippen LogP contribution < -0.4 is 5.32 Å². The highest BCUT2D eigenvalue weighted by atomic mass is 19.1. The number of benzene rings is 1. The monoisotopic (exact) mass is 389 g/mol. The number of H-pyrrole nitrogens is 1. The molecule has 0 spiro atoms. The Labute approximate surface area is 162 Å². The summed E-state index contributed by atoms with van der Waals surface area (Å²) in [6.07, 6.45) is 1.66. The summed E-state index contributed by atoms with van der Waals surface area (Å²) in [5.74, 6) is -2.11. The molecule has 1 aliphatic heterocycles. The third-order valence-electron chi connectivity index (χ3n) is 4.59. The minimum Gasteiger partial charge on any atom is -0.444 e. The maximum atomic E-state index is 14.0. The molecule has 0 bridgehead atoms. The van der Waals surface area contributed by atoms with Crippen LogP contribution in [0.25, 0.3) is 10.9 Å². The Morgan fingerprint density at radius 1 is 1.32 bits per heavy atom. The summed E-state index contributed by atoms with van der Waals surface area (Å²) in [4.78, 5) is 41.2. The third kappa shape index (κ3) is 4.32. The summed E-state index contributed by atoms with van der Waals surface area (Å²) in [6, 6.07) is 4.41. The number of nitrogens with zero attached hydrogens (tertiary/aromatic N) is 1. The van der Waals surface area contributed by atoms with Crippen molar-refractivity contribution < 1.29 is 23.5 Å². The van der Waals surface area contributed by atoms with E-state index in [4.69, 9.17) is 4.74 Å². The Morgan fingerprint density at radius 3 is 2.79 bits per heavy atom. The highest BCUT2D eigenvalue weighted by molar-refractivity contribution is 6.45. The molecule has 7 nitrogen and oxygen atoms in total. The van der Waals surface area contributed by atoms with Crippen molar-refractivity contribution >= 4 is 28.7 Å². The number of ketones is 1. The van der Waals surface area contributed by atoms with E-state index < -0.39 is 23.1 Å². The number of aromatic amines is 1. The summed E-state index contributed by atoms with van der Waals surface area (Å²) < 4.78 is 19.4. The maximum Gasteiger partial charge on any atom is 0.410 e.